The summed E-state index contributed by atoms with van der Waals surface area (Å²) in [6.45, 7) is 4.78. The number of carbonyl (C=O) groups is 1. The van der Waals surface area contributed by atoms with Crippen LogP contribution in [-0.4, -0.2) is 68.5 Å². The maximum Gasteiger partial charge on any atom is 0.407 e. The molecule has 1 aliphatic heterocycles. The Hall–Kier alpha value is -2.46. The van der Waals surface area contributed by atoms with Gasteiger partial charge in [-0.1, -0.05) is 62.4 Å². The van der Waals surface area contributed by atoms with Crippen molar-refractivity contribution >= 4 is 16.1 Å². The maximum absolute atomic E-state index is 13.3. The van der Waals surface area contributed by atoms with Gasteiger partial charge in [0.05, 0.1) is 30.3 Å². The summed E-state index contributed by atoms with van der Waals surface area (Å²) in [4.78, 5) is 12.7. The third kappa shape index (κ3) is 7.53. The smallest absolute Gasteiger partial charge is 0.407 e. The highest BCUT2D eigenvalue weighted by molar-refractivity contribution is 7.89. The Kier molecular flexibility index (Phi) is 9.46. The van der Waals surface area contributed by atoms with Crippen LogP contribution in [-0.2, 0) is 25.9 Å². The number of rotatable bonds is 11. The minimum Gasteiger partial charge on any atom is -0.444 e. The molecule has 1 heterocycles. The van der Waals surface area contributed by atoms with E-state index in [4.69, 9.17) is 9.47 Å². The number of ether oxygens (including phenoxy) is 2. The molecule has 34 heavy (non-hydrogen) atoms. The van der Waals surface area contributed by atoms with Gasteiger partial charge in [0.15, 0.2) is 0 Å². The Labute approximate surface area is 201 Å². The van der Waals surface area contributed by atoms with Crippen LogP contribution in [0.25, 0.3) is 0 Å². The van der Waals surface area contributed by atoms with E-state index in [1.807, 2.05) is 44.2 Å². The fourth-order valence-electron chi connectivity index (χ4n) is 3.85. The molecule has 9 heteroatoms. The SMILES string of the molecule is CC(C)CN(CC(O)C(Cc1ccccc1)NC(=O)O[C@H]1CCOC1)S(=O)(=O)c1ccccc1. The first-order chi connectivity index (χ1) is 16.3. The summed E-state index contributed by atoms with van der Waals surface area (Å²) in [7, 11) is -3.83. The number of alkyl carbamates (subject to hydrolysis) is 1. The van der Waals surface area contributed by atoms with Crippen LogP contribution in [0.1, 0.15) is 25.8 Å². The number of benzene rings is 2. The lowest BCUT2D eigenvalue weighted by Gasteiger charge is -2.30. The zero-order valence-corrected chi connectivity index (χ0v) is 20.5. The molecule has 0 bridgehead atoms. The Morgan fingerprint density at radius 2 is 1.76 bits per heavy atom. The average molecular weight is 491 g/mol. The van der Waals surface area contributed by atoms with Gasteiger partial charge in [0.1, 0.15) is 6.10 Å². The molecule has 3 rings (SSSR count). The van der Waals surface area contributed by atoms with Crippen molar-refractivity contribution in [3.05, 3.63) is 66.2 Å². The molecule has 1 saturated heterocycles. The number of hydrogen-bond donors (Lipinski definition) is 2. The van der Waals surface area contributed by atoms with Crippen molar-refractivity contribution in [3.8, 4) is 0 Å². The van der Waals surface area contributed by atoms with Crippen LogP contribution in [0.3, 0.4) is 0 Å². The van der Waals surface area contributed by atoms with Crippen molar-refractivity contribution in [2.75, 3.05) is 26.3 Å². The molecule has 1 fully saturated rings. The number of hydrogen-bond acceptors (Lipinski definition) is 6. The quantitative estimate of drug-likeness (QED) is 0.502. The predicted octanol–water partition coefficient (Wildman–Crippen LogP) is 2.82. The highest BCUT2D eigenvalue weighted by atomic mass is 32.2. The van der Waals surface area contributed by atoms with Crippen LogP contribution in [0.2, 0.25) is 0 Å². The van der Waals surface area contributed by atoms with Gasteiger partial charge in [-0.05, 0) is 30.0 Å². The van der Waals surface area contributed by atoms with Crippen LogP contribution in [0.4, 0.5) is 4.79 Å². The maximum atomic E-state index is 13.3. The molecule has 2 N–H and O–H groups in total. The van der Waals surface area contributed by atoms with Crippen LogP contribution in [0.5, 0.6) is 0 Å². The molecule has 2 aromatic carbocycles. The lowest BCUT2D eigenvalue weighted by Crippen LogP contribution is -2.51. The highest BCUT2D eigenvalue weighted by Gasteiger charge is 2.32. The number of aliphatic hydroxyl groups excluding tert-OH is 1. The second kappa shape index (κ2) is 12.3. The Morgan fingerprint density at radius 1 is 1.12 bits per heavy atom. The number of carbonyl (C=O) groups excluding carboxylic acids is 1. The summed E-state index contributed by atoms with van der Waals surface area (Å²) in [6.07, 6.45) is -1.21. The van der Waals surface area contributed by atoms with E-state index in [9.17, 15) is 18.3 Å². The normalized spacial score (nSPS) is 18.1. The van der Waals surface area contributed by atoms with Gasteiger partial charge in [-0.15, -0.1) is 0 Å². The van der Waals surface area contributed by atoms with E-state index in [1.54, 1.807) is 18.2 Å². The van der Waals surface area contributed by atoms with Gasteiger partial charge < -0.3 is 19.9 Å². The van der Waals surface area contributed by atoms with Crippen LogP contribution in [0.15, 0.2) is 65.6 Å². The second-order valence-electron chi connectivity index (χ2n) is 8.93. The first kappa shape index (κ1) is 26.2. The van der Waals surface area contributed by atoms with Gasteiger partial charge in [-0.3, -0.25) is 0 Å². The van der Waals surface area contributed by atoms with Crippen molar-refractivity contribution in [2.24, 2.45) is 5.92 Å². The van der Waals surface area contributed by atoms with Crippen molar-refractivity contribution < 1.29 is 27.8 Å². The molecule has 1 amide bonds. The van der Waals surface area contributed by atoms with Gasteiger partial charge in [-0.2, -0.15) is 4.31 Å². The molecular weight excluding hydrogens is 456 g/mol. The van der Waals surface area contributed by atoms with Gasteiger partial charge in [0.2, 0.25) is 10.0 Å². The van der Waals surface area contributed by atoms with Crippen molar-refractivity contribution in [3.63, 3.8) is 0 Å². The Bertz CT molecular complexity index is 995. The average Bonchev–Trinajstić information content (AvgIpc) is 3.32. The highest BCUT2D eigenvalue weighted by Crippen LogP contribution is 2.19. The molecular formula is C25H34N2O6S. The number of aliphatic hydroxyl groups is 1. The van der Waals surface area contributed by atoms with Crippen molar-refractivity contribution in [1.82, 2.24) is 9.62 Å². The molecule has 3 atom stereocenters. The molecule has 8 nitrogen and oxygen atoms in total. The minimum absolute atomic E-state index is 0.0403. The van der Waals surface area contributed by atoms with E-state index >= 15 is 0 Å². The lowest BCUT2D eigenvalue weighted by molar-refractivity contribution is 0.0644. The molecule has 1 aliphatic rings. The standard InChI is InChI=1S/C25H34N2O6S/c1-19(2)16-27(34(30,31)22-11-7-4-8-12-22)17-24(28)23(15-20-9-5-3-6-10-20)26-25(29)33-21-13-14-32-18-21/h3-12,19,21,23-24,28H,13-18H2,1-2H3,(H,26,29)/t21-,23?,24?/m0/s1. The fourth-order valence-corrected chi connectivity index (χ4v) is 5.49. The lowest BCUT2D eigenvalue weighted by atomic mass is 10.0. The number of nitrogens with one attached hydrogen (secondary N) is 1. The summed E-state index contributed by atoms with van der Waals surface area (Å²) in [6, 6.07) is 16.8. The van der Waals surface area contributed by atoms with Gasteiger partial charge in [0, 0.05) is 19.5 Å². The zero-order chi connectivity index (χ0) is 24.6. The van der Waals surface area contributed by atoms with E-state index in [-0.39, 0.29) is 30.0 Å². The van der Waals surface area contributed by atoms with Gasteiger partial charge in [-0.25, -0.2) is 13.2 Å². The number of amides is 1. The first-order valence-electron chi connectivity index (χ1n) is 11.6. The minimum atomic E-state index is -3.83. The number of sulfonamides is 1. The zero-order valence-electron chi connectivity index (χ0n) is 19.7. The summed E-state index contributed by atoms with van der Waals surface area (Å²) >= 11 is 0. The largest absolute Gasteiger partial charge is 0.444 e. The Morgan fingerprint density at radius 3 is 2.35 bits per heavy atom. The molecule has 0 spiro atoms. The summed E-state index contributed by atoms with van der Waals surface area (Å²) < 4.78 is 38.6. The summed E-state index contributed by atoms with van der Waals surface area (Å²) in [5.74, 6) is 0.0403. The third-order valence-electron chi connectivity index (χ3n) is 5.57. The topological polar surface area (TPSA) is 105 Å². The molecule has 2 unspecified atom stereocenters. The molecule has 0 saturated carbocycles. The van der Waals surface area contributed by atoms with E-state index in [2.05, 4.69) is 5.32 Å². The van der Waals surface area contributed by atoms with Gasteiger partial charge in [0.25, 0.3) is 0 Å². The van der Waals surface area contributed by atoms with Crippen LogP contribution < -0.4 is 5.32 Å². The van der Waals surface area contributed by atoms with Crippen LogP contribution >= 0.6 is 0 Å². The first-order valence-corrected chi connectivity index (χ1v) is 13.0. The third-order valence-corrected chi connectivity index (χ3v) is 7.41. The van der Waals surface area contributed by atoms with Gasteiger partial charge >= 0.3 is 6.09 Å². The molecule has 0 aliphatic carbocycles. The predicted molar refractivity (Wildman–Crippen MR) is 129 cm³/mol. The van der Waals surface area contributed by atoms with E-state index in [0.717, 1.165) is 5.56 Å². The van der Waals surface area contributed by atoms with E-state index in [1.165, 1.54) is 16.4 Å². The fraction of sp³-hybridized carbons (Fsp3) is 0.480. The molecule has 0 aromatic heterocycles. The van der Waals surface area contributed by atoms with E-state index < -0.39 is 28.3 Å². The summed E-state index contributed by atoms with van der Waals surface area (Å²) in [5.41, 5.74) is 0.900. The Balaban J connectivity index is 1.78. The monoisotopic (exact) mass is 490 g/mol. The van der Waals surface area contributed by atoms with Crippen LogP contribution in [0, 0.1) is 5.92 Å². The van der Waals surface area contributed by atoms with Crippen molar-refractivity contribution in [2.45, 2.75) is 49.8 Å². The molecule has 186 valence electrons. The number of nitrogens with zero attached hydrogens (tertiary/aromatic N) is 1. The summed E-state index contributed by atoms with van der Waals surface area (Å²) in [5, 5.41) is 13.9. The second-order valence-corrected chi connectivity index (χ2v) is 10.9. The van der Waals surface area contributed by atoms with Crippen molar-refractivity contribution in [1.29, 1.82) is 0 Å². The van der Waals surface area contributed by atoms with E-state index in [0.29, 0.717) is 26.1 Å². The molecule has 2 aromatic rings. The molecule has 0 radical (unpaired) electrons.